The van der Waals surface area contributed by atoms with Gasteiger partial charge in [-0.15, -0.1) is 0 Å². The lowest BCUT2D eigenvalue weighted by Gasteiger charge is -2.26. The van der Waals surface area contributed by atoms with Crippen LogP contribution in [0.25, 0.3) is 0 Å². The van der Waals surface area contributed by atoms with Gasteiger partial charge < -0.3 is 15.8 Å². The highest BCUT2D eigenvalue weighted by Crippen LogP contribution is 2.27. The molecule has 3 nitrogen and oxygen atoms in total. The SMILES string of the molecule is COc1ccc(CNC(C)(C)CCN)cc1C(C)C. The van der Waals surface area contributed by atoms with Crippen molar-refractivity contribution in [1.29, 1.82) is 0 Å². The summed E-state index contributed by atoms with van der Waals surface area (Å²) in [5.41, 5.74) is 8.25. The van der Waals surface area contributed by atoms with E-state index in [9.17, 15) is 0 Å². The number of nitrogens with two attached hydrogens (primary N) is 1. The van der Waals surface area contributed by atoms with Crippen LogP contribution in [0.4, 0.5) is 0 Å². The summed E-state index contributed by atoms with van der Waals surface area (Å²) < 4.78 is 5.41. The zero-order chi connectivity index (χ0) is 14.5. The van der Waals surface area contributed by atoms with Crippen molar-refractivity contribution in [2.45, 2.75) is 52.1 Å². The molecule has 0 atom stereocenters. The fourth-order valence-electron chi connectivity index (χ4n) is 2.14. The quantitative estimate of drug-likeness (QED) is 0.796. The van der Waals surface area contributed by atoms with Gasteiger partial charge in [0.05, 0.1) is 7.11 Å². The van der Waals surface area contributed by atoms with Crippen LogP contribution in [0, 0.1) is 0 Å². The molecule has 1 rings (SSSR count). The summed E-state index contributed by atoms with van der Waals surface area (Å²) >= 11 is 0. The number of nitrogens with one attached hydrogen (secondary N) is 1. The summed E-state index contributed by atoms with van der Waals surface area (Å²) in [4.78, 5) is 0. The summed E-state index contributed by atoms with van der Waals surface area (Å²) in [5.74, 6) is 1.44. The van der Waals surface area contributed by atoms with Gasteiger partial charge in [0.2, 0.25) is 0 Å². The monoisotopic (exact) mass is 264 g/mol. The number of methoxy groups -OCH3 is 1. The summed E-state index contributed by atoms with van der Waals surface area (Å²) in [5, 5.41) is 3.56. The van der Waals surface area contributed by atoms with Crippen LogP contribution in [-0.4, -0.2) is 19.2 Å². The van der Waals surface area contributed by atoms with Crippen molar-refractivity contribution >= 4 is 0 Å². The van der Waals surface area contributed by atoms with Gasteiger partial charge >= 0.3 is 0 Å². The first kappa shape index (κ1) is 16.0. The fourth-order valence-corrected chi connectivity index (χ4v) is 2.14. The molecule has 0 saturated carbocycles. The molecule has 0 aliphatic heterocycles. The van der Waals surface area contributed by atoms with Crippen LogP contribution in [0.3, 0.4) is 0 Å². The Morgan fingerprint density at radius 1 is 1.32 bits per heavy atom. The number of hydrogen-bond acceptors (Lipinski definition) is 3. The summed E-state index contributed by atoms with van der Waals surface area (Å²) in [7, 11) is 1.73. The highest BCUT2D eigenvalue weighted by molar-refractivity contribution is 5.39. The second kappa shape index (κ2) is 6.92. The molecule has 0 bridgehead atoms. The van der Waals surface area contributed by atoms with Crippen LogP contribution in [0.5, 0.6) is 5.75 Å². The van der Waals surface area contributed by atoms with Crippen molar-refractivity contribution in [3.8, 4) is 5.75 Å². The van der Waals surface area contributed by atoms with Crippen LogP contribution in [0.15, 0.2) is 18.2 Å². The van der Waals surface area contributed by atoms with Crippen LogP contribution < -0.4 is 15.8 Å². The first-order valence-electron chi connectivity index (χ1n) is 7.01. The fraction of sp³-hybridized carbons (Fsp3) is 0.625. The smallest absolute Gasteiger partial charge is 0.122 e. The average molecular weight is 264 g/mol. The maximum Gasteiger partial charge on any atom is 0.122 e. The standard InChI is InChI=1S/C16H28N2O/c1-12(2)14-10-13(6-7-15(14)19-5)11-18-16(3,4)8-9-17/h6-7,10,12,18H,8-9,11,17H2,1-5H3. The Morgan fingerprint density at radius 3 is 2.53 bits per heavy atom. The molecule has 0 radical (unpaired) electrons. The molecule has 0 aliphatic rings. The molecule has 0 unspecified atom stereocenters. The van der Waals surface area contributed by atoms with Gasteiger partial charge in [-0.2, -0.15) is 0 Å². The van der Waals surface area contributed by atoms with Gasteiger partial charge in [0, 0.05) is 12.1 Å². The first-order valence-corrected chi connectivity index (χ1v) is 7.01. The van der Waals surface area contributed by atoms with Gasteiger partial charge in [-0.1, -0.05) is 26.0 Å². The molecule has 0 fully saturated rings. The number of hydrogen-bond donors (Lipinski definition) is 2. The largest absolute Gasteiger partial charge is 0.496 e. The minimum Gasteiger partial charge on any atom is -0.496 e. The molecule has 108 valence electrons. The molecule has 0 spiro atoms. The third-order valence-corrected chi connectivity index (χ3v) is 3.46. The molecule has 0 aliphatic carbocycles. The van der Waals surface area contributed by atoms with Crippen molar-refractivity contribution in [2.24, 2.45) is 5.73 Å². The van der Waals surface area contributed by atoms with E-state index in [1.807, 2.05) is 0 Å². The predicted molar refractivity (Wildman–Crippen MR) is 81.7 cm³/mol. The lowest BCUT2D eigenvalue weighted by molar-refractivity contribution is 0.365. The number of rotatable bonds is 7. The van der Waals surface area contributed by atoms with Gasteiger partial charge in [0.25, 0.3) is 0 Å². The van der Waals surface area contributed by atoms with E-state index >= 15 is 0 Å². The number of benzene rings is 1. The molecule has 1 aromatic rings. The molecule has 0 saturated heterocycles. The van der Waals surface area contributed by atoms with E-state index in [1.165, 1.54) is 11.1 Å². The molecule has 3 heteroatoms. The second-order valence-electron chi connectivity index (χ2n) is 6.01. The van der Waals surface area contributed by atoms with Gasteiger partial charge in [0.1, 0.15) is 5.75 Å². The van der Waals surface area contributed by atoms with Crippen molar-refractivity contribution in [2.75, 3.05) is 13.7 Å². The molecule has 19 heavy (non-hydrogen) atoms. The molecular weight excluding hydrogens is 236 g/mol. The maximum atomic E-state index is 5.63. The summed E-state index contributed by atoms with van der Waals surface area (Å²) in [6.07, 6.45) is 0.972. The van der Waals surface area contributed by atoms with Crippen molar-refractivity contribution < 1.29 is 4.74 Å². The van der Waals surface area contributed by atoms with E-state index < -0.39 is 0 Å². The van der Waals surface area contributed by atoms with E-state index in [0.717, 1.165) is 18.7 Å². The minimum atomic E-state index is 0.0761. The lowest BCUT2D eigenvalue weighted by atomic mass is 9.97. The normalized spacial score (nSPS) is 11.9. The zero-order valence-electron chi connectivity index (χ0n) is 12.9. The van der Waals surface area contributed by atoms with E-state index in [4.69, 9.17) is 10.5 Å². The van der Waals surface area contributed by atoms with Crippen molar-refractivity contribution in [1.82, 2.24) is 5.32 Å². The van der Waals surface area contributed by atoms with E-state index in [2.05, 4.69) is 51.2 Å². The molecular formula is C16H28N2O. The Kier molecular flexibility index (Phi) is 5.83. The molecule has 0 heterocycles. The number of ether oxygens (including phenoxy) is 1. The van der Waals surface area contributed by atoms with Crippen LogP contribution >= 0.6 is 0 Å². The Balaban J connectivity index is 2.77. The van der Waals surface area contributed by atoms with Gasteiger partial charge in [0.15, 0.2) is 0 Å². The Morgan fingerprint density at radius 2 is 2.00 bits per heavy atom. The van der Waals surface area contributed by atoms with E-state index in [0.29, 0.717) is 12.5 Å². The molecule has 1 aromatic carbocycles. The summed E-state index contributed by atoms with van der Waals surface area (Å²) in [6, 6.07) is 6.41. The Labute approximate surface area is 117 Å². The van der Waals surface area contributed by atoms with Crippen LogP contribution in [0.1, 0.15) is 51.2 Å². The van der Waals surface area contributed by atoms with Gasteiger partial charge in [-0.25, -0.2) is 0 Å². The maximum absolute atomic E-state index is 5.63. The van der Waals surface area contributed by atoms with Crippen molar-refractivity contribution in [3.05, 3.63) is 29.3 Å². The molecule has 0 aromatic heterocycles. The minimum absolute atomic E-state index is 0.0761. The molecule has 3 N–H and O–H groups in total. The first-order chi connectivity index (χ1) is 8.89. The average Bonchev–Trinajstić information content (AvgIpc) is 2.36. The van der Waals surface area contributed by atoms with Gasteiger partial charge in [-0.3, -0.25) is 0 Å². The third-order valence-electron chi connectivity index (χ3n) is 3.46. The summed E-state index contributed by atoms with van der Waals surface area (Å²) in [6.45, 7) is 10.3. The molecule has 0 amide bonds. The highest BCUT2D eigenvalue weighted by Gasteiger charge is 2.16. The predicted octanol–water partition coefficient (Wildman–Crippen LogP) is 3.04. The van der Waals surface area contributed by atoms with Crippen molar-refractivity contribution in [3.63, 3.8) is 0 Å². The van der Waals surface area contributed by atoms with Gasteiger partial charge in [-0.05, 0) is 49.9 Å². The van der Waals surface area contributed by atoms with Crippen LogP contribution in [0.2, 0.25) is 0 Å². The van der Waals surface area contributed by atoms with Crippen LogP contribution in [-0.2, 0) is 6.54 Å². The lowest BCUT2D eigenvalue weighted by Crippen LogP contribution is -2.40. The Hall–Kier alpha value is -1.06. The third kappa shape index (κ3) is 4.84. The highest BCUT2D eigenvalue weighted by atomic mass is 16.5. The zero-order valence-corrected chi connectivity index (χ0v) is 12.9. The Bertz CT molecular complexity index is 400. The van der Waals surface area contributed by atoms with E-state index in [-0.39, 0.29) is 5.54 Å². The second-order valence-corrected chi connectivity index (χ2v) is 6.01. The van der Waals surface area contributed by atoms with E-state index in [1.54, 1.807) is 7.11 Å². The topological polar surface area (TPSA) is 47.3 Å².